The third-order valence-corrected chi connectivity index (χ3v) is 4.05. The Kier molecular flexibility index (Phi) is 3.57. The van der Waals surface area contributed by atoms with Gasteiger partial charge in [-0.25, -0.2) is 0 Å². The topological polar surface area (TPSA) is 79.4 Å². The zero-order chi connectivity index (χ0) is 15.0. The van der Waals surface area contributed by atoms with E-state index in [1.54, 1.807) is 18.2 Å². The molecular formula is C14H8BrClN2O3. The number of phenolic OH excluding ortho intramolecular Hbond substituents is 2. The number of aromatic nitrogens is 2. The van der Waals surface area contributed by atoms with Gasteiger partial charge in [0.2, 0.25) is 5.82 Å². The fraction of sp³-hybridized carbons (Fsp3) is 0. The highest BCUT2D eigenvalue weighted by atomic mass is 79.9. The van der Waals surface area contributed by atoms with Crippen molar-refractivity contribution in [2.45, 2.75) is 0 Å². The van der Waals surface area contributed by atoms with Crippen LogP contribution in [0.5, 0.6) is 11.5 Å². The Morgan fingerprint density at radius 1 is 1.10 bits per heavy atom. The molecule has 21 heavy (non-hydrogen) atoms. The average Bonchev–Trinajstić information content (AvgIpc) is 2.91. The fourth-order valence-corrected chi connectivity index (χ4v) is 2.32. The number of hydrogen-bond acceptors (Lipinski definition) is 5. The highest BCUT2D eigenvalue weighted by molar-refractivity contribution is 9.10. The predicted octanol–water partition coefficient (Wildman–Crippen LogP) is 4.23. The van der Waals surface area contributed by atoms with Gasteiger partial charge in [0.25, 0.3) is 5.89 Å². The molecular weight excluding hydrogens is 360 g/mol. The average molecular weight is 368 g/mol. The molecule has 0 aliphatic carbocycles. The molecule has 0 fully saturated rings. The number of phenols is 2. The minimum Gasteiger partial charge on any atom is -0.507 e. The Hall–Kier alpha value is -2.05. The monoisotopic (exact) mass is 366 g/mol. The Bertz CT molecular complexity index is 799. The fourth-order valence-electron chi connectivity index (χ4n) is 1.82. The van der Waals surface area contributed by atoms with Gasteiger partial charge in [-0.1, -0.05) is 22.8 Å². The SMILES string of the molecule is Oc1cccc(O)c1-c1nc(-c2ccc(Cl)c(Br)c2)no1. The van der Waals surface area contributed by atoms with Crippen molar-refractivity contribution in [2.75, 3.05) is 0 Å². The number of benzene rings is 2. The molecule has 1 aromatic heterocycles. The first kappa shape index (κ1) is 13.9. The molecule has 0 saturated heterocycles. The summed E-state index contributed by atoms with van der Waals surface area (Å²) in [5.41, 5.74) is 0.792. The van der Waals surface area contributed by atoms with E-state index in [0.717, 1.165) is 0 Å². The van der Waals surface area contributed by atoms with Gasteiger partial charge in [-0.15, -0.1) is 0 Å². The molecule has 0 saturated carbocycles. The van der Waals surface area contributed by atoms with Crippen LogP contribution in [0.1, 0.15) is 0 Å². The largest absolute Gasteiger partial charge is 0.507 e. The van der Waals surface area contributed by atoms with E-state index in [1.165, 1.54) is 18.2 Å². The van der Waals surface area contributed by atoms with Crippen molar-refractivity contribution in [3.05, 3.63) is 45.9 Å². The first-order valence-electron chi connectivity index (χ1n) is 5.86. The van der Waals surface area contributed by atoms with Crippen LogP contribution in [0.25, 0.3) is 22.8 Å². The summed E-state index contributed by atoms with van der Waals surface area (Å²) < 4.78 is 5.81. The van der Waals surface area contributed by atoms with Gasteiger partial charge in [-0.2, -0.15) is 4.98 Å². The van der Waals surface area contributed by atoms with E-state index in [-0.39, 0.29) is 23.0 Å². The summed E-state index contributed by atoms with van der Waals surface area (Å²) >= 11 is 9.25. The minimum absolute atomic E-state index is 0.0340. The molecule has 0 bridgehead atoms. The standard InChI is InChI=1S/C14H8BrClN2O3/c15-8-6-7(4-5-9(8)16)13-17-14(21-18-13)12-10(19)2-1-3-11(12)20/h1-6,19-20H. The van der Waals surface area contributed by atoms with Crippen molar-refractivity contribution < 1.29 is 14.7 Å². The molecule has 7 heteroatoms. The van der Waals surface area contributed by atoms with Gasteiger partial charge < -0.3 is 14.7 Å². The number of rotatable bonds is 2. The van der Waals surface area contributed by atoms with E-state index in [1.807, 2.05) is 0 Å². The van der Waals surface area contributed by atoms with Gasteiger partial charge in [0.05, 0.1) is 5.02 Å². The Morgan fingerprint density at radius 2 is 1.81 bits per heavy atom. The molecule has 2 aromatic carbocycles. The Balaban J connectivity index is 2.06. The Labute approximate surface area is 132 Å². The van der Waals surface area contributed by atoms with Crippen molar-refractivity contribution in [1.29, 1.82) is 0 Å². The smallest absolute Gasteiger partial charge is 0.265 e. The third-order valence-electron chi connectivity index (χ3n) is 2.84. The van der Waals surface area contributed by atoms with Crippen molar-refractivity contribution in [2.24, 2.45) is 0 Å². The molecule has 5 nitrogen and oxygen atoms in total. The van der Waals surface area contributed by atoms with Gasteiger partial charge in [0, 0.05) is 10.0 Å². The van der Waals surface area contributed by atoms with E-state index >= 15 is 0 Å². The molecule has 1 heterocycles. The van der Waals surface area contributed by atoms with Gasteiger partial charge in [-0.3, -0.25) is 0 Å². The van der Waals surface area contributed by atoms with Crippen molar-refractivity contribution in [3.63, 3.8) is 0 Å². The number of nitrogens with zero attached hydrogens (tertiary/aromatic N) is 2. The maximum Gasteiger partial charge on any atom is 0.265 e. The highest BCUT2D eigenvalue weighted by Gasteiger charge is 2.18. The summed E-state index contributed by atoms with van der Waals surface area (Å²) in [6, 6.07) is 9.57. The third kappa shape index (κ3) is 2.59. The molecule has 0 atom stereocenters. The maximum absolute atomic E-state index is 9.79. The molecule has 3 rings (SSSR count). The lowest BCUT2D eigenvalue weighted by Crippen LogP contribution is -1.83. The zero-order valence-electron chi connectivity index (χ0n) is 10.4. The van der Waals surface area contributed by atoms with Crippen LogP contribution in [0.2, 0.25) is 5.02 Å². The van der Waals surface area contributed by atoms with Gasteiger partial charge in [-0.05, 0) is 46.3 Å². The lowest BCUT2D eigenvalue weighted by Gasteiger charge is -2.01. The lowest BCUT2D eigenvalue weighted by molar-refractivity contribution is 0.416. The lowest BCUT2D eigenvalue weighted by atomic mass is 10.1. The maximum atomic E-state index is 9.79. The van der Waals surface area contributed by atoms with E-state index < -0.39 is 0 Å². The number of halogens is 2. The van der Waals surface area contributed by atoms with Crippen LogP contribution in [-0.2, 0) is 0 Å². The van der Waals surface area contributed by atoms with E-state index in [9.17, 15) is 10.2 Å². The zero-order valence-corrected chi connectivity index (χ0v) is 12.8. The van der Waals surface area contributed by atoms with Crippen LogP contribution in [0.4, 0.5) is 0 Å². The highest BCUT2D eigenvalue weighted by Crippen LogP contribution is 2.37. The summed E-state index contributed by atoms with van der Waals surface area (Å²) in [4.78, 5) is 4.18. The van der Waals surface area contributed by atoms with Crippen LogP contribution in [0.3, 0.4) is 0 Å². The molecule has 2 N–H and O–H groups in total. The summed E-state index contributed by atoms with van der Waals surface area (Å²) in [6.07, 6.45) is 0. The molecule has 0 amide bonds. The summed E-state index contributed by atoms with van der Waals surface area (Å²) in [7, 11) is 0. The molecule has 0 radical (unpaired) electrons. The van der Waals surface area contributed by atoms with Crippen molar-refractivity contribution in [1.82, 2.24) is 10.1 Å². The first-order chi connectivity index (χ1) is 10.1. The Morgan fingerprint density at radius 3 is 2.48 bits per heavy atom. The van der Waals surface area contributed by atoms with Crippen LogP contribution >= 0.6 is 27.5 Å². The second-order valence-corrected chi connectivity index (χ2v) is 5.48. The van der Waals surface area contributed by atoms with Crippen LogP contribution in [0.15, 0.2) is 45.4 Å². The molecule has 3 aromatic rings. The van der Waals surface area contributed by atoms with Gasteiger partial charge in [0.15, 0.2) is 0 Å². The second-order valence-electron chi connectivity index (χ2n) is 4.22. The van der Waals surface area contributed by atoms with E-state index in [0.29, 0.717) is 20.9 Å². The molecule has 0 spiro atoms. The molecule has 0 aliphatic rings. The normalized spacial score (nSPS) is 10.8. The van der Waals surface area contributed by atoms with E-state index in [2.05, 4.69) is 26.1 Å². The minimum atomic E-state index is -0.137. The molecule has 0 unspecified atom stereocenters. The number of hydrogen-bond donors (Lipinski definition) is 2. The van der Waals surface area contributed by atoms with Gasteiger partial charge >= 0.3 is 0 Å². The summed E-state index contributed by atoms with van der Waals surface area (Å²) in [5.74, 6) is 0.0849. The number of aromatic hydroxyl groups is 2. The van der Waals surface area contributed by atoms with Gasteiger partial charge in [0.1, 0.15) is 17.1 Å². The quantitative estimate of drug-likeness (QED) is 0.708. The predicted molar refractivity (Wildman–Crippen MR) is 81.2 cm³/mol. The van der Waals surface area contributed by atoms with Crippen molar-refractivity contribution in [3.8, 4) is 34.3 Å². The van der Waals surface area contributed by atoms with E-state index in [4.69, 9.17) is 16.1 Å². The van der Waals surface area contributed by atoms with Crippen molar-refractivity contribution >= 4 is 27.5 Å². The summed E-state index contributed by atoms with van der Waals surface area (Å²) in [6.45, 7) is 0. The summed E-state index contributed by atoms with van der Waals surface area (Å²) in [5, 5.41) is 24.0. The molecule has 106 valence electrons. The van der Waals surface area contributed by atoms with Crippen LogP contribution in [-0.4, -0.2) is 20.4 Å². The molecule has 0 aliphatic heterocycles. The van der Waals surface area contributed by atoms with Crippen LogP contribution in [0, 0.1) is 0 Å². The van der Waals surface area contributed by atoms with Crippen LogP contribution < -0.4 is 0 Å². The second kappa shape index (κ2) is 5.38. The first-order valence-corrected chi connectivity index (χ1v) is 7.04.